The Balaban J connectivity index is 1.66. The van der Waals surface area contributed by atoms with Crippen molar-refractivity contribution in [2.75, 3.05) is 13.1 Å². The van der Waals surface area contributed by atoms with Crippen LogP contribution < -0.4 is 4.74 Å². The molecule has 1 aliphatic heterocycles. The lowest BCUT2D eigenvalue weighted by Gasteiger charge is -2.32. The van der Waals surface area contributed by atoms with Gasteiger partial charge in [0.1, 0.15) is 16.7 Å². The zero-order chi connectivity index (χ0) is 16.1. The highest BCUT2D eigenvalue weighted by atomic mass is 32.1. The van der Waals surface area contributed by atoms with Gasteiger partial charge in [-0.2, -0.15) is 0 Å². The molecule has 1 saturated heterocycles. The van der Waals surface area contributed by atoms with Crippen LogP contribution >= 0.6 is 11.5 Å². The number of likely N-dealkylation sites (tertiary alicyclic amines) is 1. The molecule has 23 heavy (non-hydrogen) atoms. The van der Waals surface area contributed by atoms with Crippen LogP contribution in [-0.4, -0.2) is 44.6 Å². The predicted octanol–water partition coefficient (Wildman–Crippen LogP) is 2.57. The Morgan fingerprint density at radius 1 is 1.43 bits per heavy atom. The lowest BCUT2D eigenvalue weighted by Crippen LogP contribution is -2.44. The molecule has 1 fully saturated rings. The van der Waals surface area contributed by atoms with E-state index in [9.17, 15) is 4.79 Å². The molecule has 3 rings (SSSR count). The van der Waals surface area contributed by atoms with Crippen molar-refractivity contribution in [3.63, 3.8) is 0 Å². The normalized spacial score (nSPS) is 18.0. The Bertz CT molecular complexity index is 647. The Kier molecular flexibility index (Phi) is 5.17. The summed E-state index contributed by atoms with van der Waals surface area (Å²) in [7, 11) is 0. The average Bonchev–Trinajstić information content (AvgIpc) is 3.04. The fourth-order valence-electron chi connectivity index (χ4n) is 2.74. The van der Waals surface area contributed by atoms with E-state index in [2.05, 4.69) is 21.5 Å². The Morgan fingerprint density at radius 3 is 3.04 bits per heavy atom. The third kappa shape index (κ3) is 3.85. The minimum atomic E-state index is 0.0191. The van der Waals surface area contributed by atoms with Gasteiger partial charge in [0.25, 0.3) is 5.91 Å². The topological polar surface area (TPSA) is 68.2 Å². The molecule has 0 saturated carbocycles. The zero-order valence-corrected chi connectivity index (χ0v) is 14.0. The lowest BCUT2D eigenvalue weighted by atomic mass is 10.1. The molecule has 1 atom stereocenters. The van der Waals surface area contributed by atoms with Gasteiger partial charge in [-0.1, -0.05) is 17.8 Å². The Labute approximate surface area is 139 Å². The molecule has 0 bridgehead atoms. The second kappa shape index (κ2) is 7.50. The number of hydrogen-bond donors (Lipinski definition) is 0. The Hall–Kier alpha value is -2.02. The fraction of sp³-hybridized carbons (Fsp3) is 0.500. The van der Waals surface area contributed by atoms with E-state index in [1.54, 1.807) is 12.4 Å². The SMILES string of the molecule is CCCc1nnsc1C(=O)N1CCCC(Oc2ccncc2)C1. The van der Waals surface area contributed by atoms with Crippen LogP contribution in [0.15, 0.2) is 24.5 Å². The molecule has 0 N–H and O–H groups in total. The summed E-state index contributed by atoms with van der Waals surface area (Å²) in [6, 6.07) is 3.68. The van der Waals surface area contributed by atoms with Crippen LogP contribution in [0.1, 0.15) is 41.6 Å². The maximum absolute atomic E-state index is 12.7. The maximum Gasteiger partial charge on any atom is 0.267 e. The molecule has 0 aromatic carbocycles. The quantitative estimate of drug-likeness (QED) is 0.842. The van der Waals surface area contributed by atoms with Gasteiger partial charge in [-0.15, -0.1) is 5.10 Å². The van der Waals surface area contributed by atoms with E-state index in [1.807, 2.05) is 17.0 Å². The fourth-order valence-corrected chi connectivity index (χ4v) is 3.42. The van der Waals surface area contributed by atoms with E-state index >= 15 is 0 Å². The van der Waals surface area contributed by atoms with E-state index in [0.717, 1.165) is 43.7 Å². The van der Waals surface area contributed by atoms with Crippen molar-refractivity contribution in [3.8, 4) is 5.75 Å². The smallest absolute Gasteiger partial charge is 0.267 e. The minimum absolute atomic E-state index is 0.0191. The molecule has 0 spiro atoms. The largest absolute Gasteiger partial charge is 0.488 e. The van der Waals surface area contributed by atoms with Crippen LogP contribution in [0.25, 0.3) is 0 Å². The van der Waals surface area contributed by atoms with Crippen molar-refractivity contribution in [3.05, 3.63) is 35.1 Å². The number of rotatable bonds is 5. The average molecular weight is 332 g/mol. The summed E-state index contributed by atoms with van der Waals surface area (Å²) >= 11 is 1.20. The second-order valence-electron chi connectivity index (χ2n) is 5.61. The van der Waals surface area contributed by atoms with Crippen molar-refractivity contribution in [2.24, 2.45) is 0 Å². The molecule has 2 aromatic rings. The predicted molar refractivity (Wildman–Crippen MR) is 87.7 cm³/mol. The van der Waals surface area contributed by atoms with Crippen LogP contribution in [-0.2, 0) is 6.42 Å². The first kappa shape index (κ1) is 15.9. The minimum Gasteiger partial charge on any atom is -0.488 e. The monoisotopic (exact) mass is 332 g/mol. The van der Waals surface area contributed by atoms with Crippen molar-refractivity contribution in [2.45, 2.75) is 38.7 Å². The Morgan fingerprint density at radius 2 is 2.26 bits per heavy atom. The number of ether oxygens (including phenoxy) is 1. The third-order valence-corrected chi connectivity index (χ3v) is 4.61. The van der Waals surface area contributed by atoms with Crippen molar-refractivity contribution < 1.29 is 9.53 Å². The summed E-state index contributed by atoms with van der Waals surface area (Å²) in [5, 5.41) is 4.09. The molecule has 6 nitrogen and oxygen atoms in total. The number of aryl methyl sites for hydroxylation is 1. The molecule has 0 aliphatic carbocycles. The summed E-state index contributed by atoms with van der Waals surface area (Å²) < 4.78 is 9.92. The van der Waals surface area contributed by atoms with Crippen molar-refractivity contribution in [1.29, 1.82) is 0 Å². The van der Waals surface area contributed by atoms with E-state index in [0.29, 0.717) is 11.4 Å². The number of amides is 1. The van der Waals surface area contributed by atoms with Gasteiger partial charge in [-0.3, -0.25) is 9.78 Å². The van der Waals surface area contributed by atoms with Crippen LogP contribution in [0.3, 0.4) is 0 Å². The number of aromatic nitrogens is 3. The molecule has 122 valence electrons. The molecule has 1 amide bonds. The highest BCUT2D eigenvalue weighted by molar-refractivity contribution is 7.08. The van der Waals surface area contributed by atoms with Crippen molar-refractivity contribution >= 4 is 17.4 Å². The summed E-state index contributed by atoms with van der Waals surface area (Å²) in [6.45, 7) is 3.44. The second-order valence-corrected chi connectivity index (χ2v) is 6.37. The maximum atomic E-state index is 12.7. The number of nitrogens with zero attached hydrogens (tertiary/aromatic N) is 4. The highest BCUT2D eigenvalue weighted by Crippen LogP contribution is 2.21. The molecule has 3 heterocycles. The molecule has 1 unspecified atom stereocenters. The summed E-state index contributed by atoms with van der Waals surface area (Å²) in [6.07, 6.45) is 7.08. The first-order valence-electron chi connectivity index (χ1n) is 7.95. The van der Waals surface area contributed by atoms with Gasteiger partial charge in [0, 0.05) is 18.9 Å². The number of hydrogen-bond acceptors (Lipinski definition) is 6. The number of carbonyl (C=O) groups excluding carboxylic acids is 1. The molecule has 2 aromatic heterocycles. The highest BCUT2D eigenvalue weighted by Gasteiger charge is 2.28. The zero-order valence-electron chi connectivity index (χ0n) is 13.1. The van der Waals surface area contributed by atoms with Gasteiger partial charge in [-0.25, -0.2) is 0 Å². The van der Waals surface area contributed by atoms with E-state index in [1.165, 1.54) is 11.5 Å². The van der Waals surface area contributed by atoms with Crippen LogP contribution in [0.4, 0.5) is 0 Å². The molecule has 0 radical (unpaired) electrons. The molecular weight excluding hydrogens is 312 g/mol. The van der Waals surface area contributed by atoms with Gasteiger partial charge in [0.05, 0.1) is 12.2 Å². The van der Waals surface area contributed by atoms with Crippen LogP contribution in [0.5, 0.6) is 5.75 Å². The summed E-state index contributed by atoms with van der Waals surface area (Å²) in [5.74, 6) is 0.830. The molecular formula is C16H20N4O2S. The first-order chi connectivity index (χ1) is 11.3. The number of piperidine rings is 1. The van der Waals surface area contributed by atoms with Gasteiger partial charge < -0.3 is 9.64 Å². The van der Waals surface area contributed by atoms with Crippen molar-refractivity contribution in [1.82, 2.24) is 19.5 Å². The number of pyridine rings is 1. The van der Waals surface area contributed by atoms with Gasteiger partial charge in [-0.05, 0) is 42.9 Å². The van der Waals surface area contributed by atoms with Gasteiger partial charge in [0.2, 0.25) is 0 Å². The van der Waals surface area contributed by atoms with Crippen LogP contribution in [0, 0.1) is 0 Å². The van der Waals surface area contributed by atoms with E-state index in [4.69, 9.17) is 4.74 Å². The summed E-state index contributed by atoms with van der Waals surface area (Å²) in [4.78, 5) is 19.3. The van der Waals surface area contributed by atoms with Gasteiger partial charge >= 0.3 is 0 Å². The molecule has 1 aliphatic rings. The number of carbonyl (C=O) groups is 1. The van der Waals surface area contributed by atoms with Gasteiger partial charge in [0.15, 0.2) is 0 Å². The van der Waals surface area contributed by atoms with E-state index < -0.39 is 0 Å². The molecule has 7 heteroatoms. The first-order valence-corrected chi connectivity index (χ1v) is 8.72. The van der Waals surface area contributed by atoms with E-state index in [-0.39, 0.29) is 12.0 Å². The standard InChI is InChI=1S/C16H20N4O2S/c1-2-4-14-15(23-19-18-14)16(21)20-10-3-5-13(11-20)22-12-6-8-17-9-7-12/h6-9,13H,2-5,10-11H2,1H3. The third-order valence-electron chi connectivity index (χ3n) is 3.85. The van der Waals surface area contributed by atoms with Crippen LogP contribution in [0.2, 0.25) is 0 Å². The summed E-state index contributed by atoms with van der Waals surface area (Å²) in [5.41, 5.74) is 0.819. The lowest BCUT2D eigenvalue weighted by molar-refractivity contribution is 0.0541.